The van der Waals surface area contributed by atoms with E-state index in [-0.39, 0.29) is 42.5 Å². The van der Waals surface area contributed by atoms with Crippen molar-refractivity contribution in [1.29, 1.82) is 0 Å². The first kappa shape index (κ1) is 43.2. The van der Waals surface area contributed by atoms with Crippen LogP contribution in [0.25, 0.3) is 43.2 Å². The first-order valence-corrected chi connectivity index (χ1v) is 23.4. The molecule has 16 heteroatoms. The Balaban J connectivity index is 0.843. The number of anilines is 1. The van der Waals surface area contributed by atoms with Crippen molar-refractivity contribution < 1.29 is 24.3 Å². The number of aryl methyl sites for hydroxylation is 2. The van der Waals surface area contributed by atoms with Crippen molar-refractivity contribution in [3.63, 3.8) is 0 Å². The zero-order valence-corrected chi connectivity index (χ0v) is 38.2. The lowest BCUT2D eigenvalue weighted by atomic mass is 9.84. The predicted molar refractivity (Wildman–Crippen MR) is 248 cm³/mol. The van der Waals surface area contributed by atoms with E-state index in [9.17, 15) is 19.8 Å². The number of thiazole rings is 1. The van der Waals surface area contributed by atoms with Gasteiger partial charge < -0.3 is 29.9 Å². The van der Waals surface area contributed by atoms with Gasteiger partial charge in [-0.3, -0.25) is 9.59 Å². The number of carbonyl (C=O) groups excluding carboxylic acids is 2. The quantitative estimate of drug-likeness (QED) is 0.113. The van der Waals surface area contributed by atoms with E-state index in [1.165, 1.54) is 15.3 Å². The summed E-state index contributed by atoms with van der Waals surface area (Å²) in [6.45, 7) is 13.8. The van der Waals surface area contributed by atoms with Gasteiger partial charge in [0.15, 0.2) is 0 Å². The summed E-state index contributed by atoms with van der Waals surface area (Å²) in [6, 6.07) is 17.8. The van der Waals surface area contributed by atoms with Crippen molar-refractivity contribution in [2.24, 2.45) is 11.8 Å². The van der Waals surface area contributed by atoms with Crippen molar-refractivity contribution in [1.82, 2.24) is 40.5 Å². The number of aromatic hydroxyl groups is 1. The number of nitrogens with zero attached hydrogens (tertiary/aromatic N) is 8. The fourth-order valence-corrected chi connectivity index (χ4v) is 11.4. The molecular formula is C48H51N9O5S2. The van der Waals surface area contributed by atoms with Gasteiger partial charge in [0.1, 0.15) is 34.0 Å². The average Bonchev–Trinajstić information content (AvgIpc) is 4.11. The Morgan fingerprint density at radius 1 is 0.938 bits per heavy atom. The van der Waals surface area contributed by atoms with Gasteiger partial charge in [0, 0.05) is 65.9 Å². The molecule has 330 valence electrons. The lowest BCUT2D eigenvalue weighted by Crippen LogP contribution is -2.48. The molecule has 14 nitrogen and oxygen atoms in total. The molecule has 64 heavy (non-hydrogen) atoms. The number of benzene rings is 2. The van der Waals surface area contributed by atoms with E-state index in [1.54, 1.807) is 53.3 Å². The molecule has 9 rings (SSSR count). The van der Waals surface area contributed by atoms with Gasteiger partial charge in [-0.15, -0.1) is 32.9 Å². The Morgan fingerprint density at radius 3 is 2.41 bits per heavy atom. The third-order valence-corrected chi connectivity index (χ3v) is 15.1. The normalized spacial score (nSPS) is 19.9. The summed E-state index contributed by atoms with van der Waals surface area (Å²) in [5.74, 6) is 0.305. The summed E-state index contributed by atoms with van der Waals surface area (Å²) in [5, 5.41) is 38.6. The van der Waals surface area contributed by atoms with Crippen LogP contribution in [0.5, 0.6) is 5.75 Å². The molecule has 2 aliphatic rings. The number of fused-ring (bicyclic) bond motifs is 1. The van der Waals surface area contributed by atoms with E-state index in [0.717, 1.165) is 51.4 Å². The van der Waals surface area contributed by atoms with Crippen LogP contribution in [0, 0.1) is 25.7 Å². The molecule has 0 unspecified atom stereocenters. The zero-order valence-electron chi connectivity index (χ0n) is 36.6. The molecule has 0 saturated carbocycles. The van der Waals surface area contributed by atoms with Gasteiger partial charge in [0.2, 0.25) is 17.8 Å². The zero-order chi connectivity index (χ0) is 44.8. The molecule has 0 bridgehead atoms. The number of amides is 2. The smallest absolute Gasteiger partial charge is 0.243 e. The number of piperidine rings is 1. The lowest BCUT2D eigenvalue weighted by molar-refractivity contribution is -0.141. The highest BCUT2D eigenvalue weighted by atomic mass is 32.1. The largest absolute Gasteiger partial charge is 0.507 e. The van der Waals surface area contributed by atoms with Crippen molar-refractivity contribution in [3.05, 3.63) is 106 Å². The fraction of sp³-hybridized carbons (Fsp3) is 0.375. The Morgan fingerprint density at radius 2 is 1.70 bits per heavy atom. The van der Waals surface area contributed by atoms with Crippen LogP contribution in [0.3, 0.4) is 0 Å². The van der Waals surface area contributed by atoms with Gasteiger partial charge in [0.25, 0.3) is 0 Å². The van der Waals surface area contributed by atoms with Crippen LogP contribution in [-0.2, 0) is 9.59 Å². The number of β-amino-alcohol motifs (C(OH)–C–C–N with tert-alkyl or cyclic N) is 1. The number of phenols is 1. The van der Waals surface area contributed by atoms with Gasteiger partial charge in [0.05, 0.1) is 33.9 Å². The number of phenolic OH excluding ortho intramolecular Hbond substituents is 1. The van der Waals surface area contributed by atoms with Crippen LogP contribution < -0.4 is 10.2 Å². The van der Waals surface area contributed by atoms with Gasteiger partial charge in [-0.05, 0) is 79.8 Å². The second-order valence-corrected chi connectivity index (χ2v) is 19.4. The Kier molecular flexibility index (Phi) is 12.0. The number of para-hydroxylation sites is 1. The standard InChI is InChI=1S/C48H51N9O5S2/c1-25(2)42(47(61)57-23-33(58)17-39(57)45(60)52-28(5)30-11-13-31(14-12-30)44-29(6)51-24-63-44)41-19-37(55-62-41)32-20-49-48(50-21-32)56-16-15-34(26(3)22-56)43-27(4)36-18-38(53-54-46(36)64-43)35-9-7-8-10-40(35)59/h7-14,18-21,24-26,28,33-34,39,42,58-59H,15-17,22-23H2,1-6H3,(H,52,60)/t26-,28-,33+,34-,39-,42+/m0/s1. The first-order valence-electron chi connectivity index (χ1n) is 21.7. The van der Waals surface area contributed by atoms with E-state index >= 15 is 0 Å². The molecule has 0 spiro atoms. The molecule has 2 aliphatic heterocycles. The van der Waals surface area contributed by atoms with Crippen LogP contribution in [-0.4, -0.2) is 89.0 Å². The second-order valence-electron chi connectivity index (χ2n) is 17.5. The van der Waals surface area contributed by atoms with Gasteiger partial charge in [-0.25, -0.2) is 15.0 Å². The summed E-state index contributed by atoms with van der Waals surface area (Å²) >= 11 is 3.29. The van der Waals surface area contributed by atoms with E-state index in [1.807, 2.05) is 75.7 Å². The maximum absolute atomic E-state index is 14.3. The van der Waals surface area contributed by atoms with Crippen molar-refractivity contribution in [2.45, 2.75) is 84.4 Å². The monoisotopic (exact) mass is 897 g/mol. The predicted octanol–water partition coefficient (Wildman–Crippen LogP) is 8.46. The first-order chi connectivity index (χ1) is 30.8. The molecule has 0 aliphatic carbocycles. The van der Waals surface area contributed by atoms with Crippen molar-refractivity contribution >= 4 is 50.7 Å². The Bertz CT molecular complexity index is 2800. The number of aromatic nitrogens is 6. The second kappa shape index (κ2) is 17.8. The molecule has 6 atom stereocenters. The maximum Gasteiger partial charge on any atom is 0.243 e. The molecule has 2 aromatic carbocycles. The minimum Gasteiger partial charge on any atom is -0.507 e. The third-order valence-electron chi connectivity index (χ3n) is 12.8. The van der Waals surface area contributed by atoms with Crippen molar-refractivity contribution in [2.75, 3.05) is 24.5 Å². The lowest BCUT2D eigenvalue weighted by Gasteiger charge is -2.37. The molecular weight excluding hydrogens is 847 g/mol. The number of carbonyl (C=O) groups is 2. The summed E-state index contributed by atoms with van der Waals surface area (Å²) in [7, 11) is 0. The summed E-state index contributed by atoms with van der Waals surface area (Å²) in [4.78, 5) is 49.0. The number of aliphatic hydroxyl groups excluding tert-OH is 1. The average molecular weight is 898 g/mol. The number of hydrogen-bond acceptors (Lipinski definition) is 14. The van der Waals surface area contributed by atoms with Crippen LogP contribution in [0.15, 0.2) is 83.1 Å². The van der Waals surface area contributed by atoms with E-state index in [4.69, 9.17) is 14.5 Å². The van der Waals surface area contributed by atoms with Crippen molar-refractivity contribution in [3.8, 4) is 38.7 Å². The summed E-state index contributed by atoms with van der Waals surface area (Å²) in [5.41, 5.74) is 8.48. The van der Waals surface area contributed by atoms with E-state index in [2.05, 4.69) is 44.4 Å². The third kappa shape index (κ3) is 8.37. The number of nitrogens with one attached hydrogen (secondary N) is 1. The van der Waals surface area contributed by atoms with Crippen LogP contribution in [0.4, 0.5) is 5.95 Å². The SMILES string of the molecule is Cc1ncsc1-c1ccc([C@H](C)NC(=O)[C@@H]2C[C@@H](O)CN2C(=O)[C@@H](c2cc(-c3cnc(N4CC[C@H](c5sc6nnc(-c7ccccc7O)cc6c5C)[C@@H](C)C4)nc3)no2)C(C)C)cc1. The minimum absolute atomic E-state index is 0.0453. The topological polar surface area (TPSA) is 184 Å². The number of likely N-dealkylation sites (tertiary alicyclic amines) is 1. The van der Waals surface area contributed by atoms with Crippen LogP contribution in [0.1, 0.15) is 85.9 Å². The molecule has 5 aromatic heterocycles. The molecule has 2 saturated heterocycles. The molecule has 0 radical (unpaired) electrons. The highest BCUT2D eigenvalue weighted by Crippen LogP contribution is 2.43. The van der Waals surface area contributed by atoms with Gasteiger partial charge >= 0.3 is 0 Å². The molecule has 7 aromatic rings. The Hall–Kier alpha value is -6.10. The highest BCUT2D eigenvalue weighted by Gasteiger charge is 2.43. The molecule has 3 N–H and O–H groups in total. The number of thiophene rings is 1. The highest BCUT2D eigenvalue weighted by molar-refractivity contribution is 7.19. The molecule has 2 amide bonds. The maximum atomic E-state index is 14.3. The van der Waals surface area contributed by atoms with Gasteiger partial charge in [-0.1, -0.05) is 62.3 Å². The van der Waals surface area contributed by atoms with Gasteiger partial charge in [-0.2, -0.15) is 0 Å². The number of rotatable bonds is 11. The number of hydrogen-bond donors (Lipinski definition) is 3. The minimum atomic E-state index is -0.839. The fourth-order valence-electron chi connectivity index (χ4n) is 9.23. The Labute approximate surface area is 379 Å². The van der Waals surface area contributed by atoms with E-state index < -0.39 is 18.1 Å². The van der Waals surface area contributed by atoms with E-state index in [0.29, 0.717) is 46.1 Å². The molecule has 7 heterocycles. The summed E-state index contributed by atoms with van der Waals surface area (Å²) in [6.07, 6.45) is 3.70. The van der Waals surface area contributed by atoms with Crippen LogP contribution in [0.2, 0.25) is 0 Å². The van der Waals surface area contributed by atoms with Crippen LogP contribution >= 0.6 is 22.7 Å². The summed E-state index contributed by atoms with van der Waals surface area (Å²) < 4.78 is 5.84. The molecule has 2 fully saturated rings. The number of aliphatic hydroxyl groups is 1.